The molecule has 1 aliphatic rings. The van der Waals surface area contributed by atoms with E-state index in [4.69, 9.17) is 4.74 Å². The van der Waals surface area contributed by atoms with Crippen LogP contribution in [0.4, 0.5) is 0 Å². The zero-order valence-electron chi connectivity index (χ0n) is 10.8. The fourth-order valence-electron chi connectivity index (χ4n) is 1.69. The molecular formula is C13H18O5. The Bertz CT molecular complexity index is 390. The molecule has 0 aromatic heterocycles. The van der Waals surface area contributed by atoms with Crippen molar-refractivity contribution in [3.63, 3.8) is 0 Å². The molecular weight excluding hydrogens is 236 g/mol. The number of rotatable bonds is 5. The SMILES string of the molecule is CC(=O)OC(CCC=C(C)C)C1=CC(=O)OC1O. The van der Waals surface area contributed by atoms with Crippen LogP contribution in [0.15, 0.2) is 23.3 Å². The fraction of sp³-hybridized carbons (Fsp3) is 0.538. The van der Waals surface area contributed by atoms with Crippen LogP contribution < -0.4 is 0 Å². The Labute approximate surface area is 106 Å². The van der Waals surface area contributed by atoms with Crippen LogP contribution in [-0.4, -0.2) is 29.4 Å². The van der Waals surface area contributed by atoms with Crippen LogP contribution in [0.1, 0.15) is 33.6 Å². The molecule has 1 rings (SSSR count). The van der Waals surface area contributed by atoms with E-state index in [1.54, 1.807) is 0 Å². The van der Waals surface area contributed by atoms with Crippen molar-refractivity contribution in [2.24, 2.45) is 0 Å². The van der Waals surface area contributed by atoms with Gasteiger partial charge in [0.1, 0.15) is 6.10 Å². The summed E-state index contributed by atoms with van der Waals surface area (Å²) in [6.45, 7) is 5.23. The molecule has 0 amide bonds. The van der Waals surface area contributed by atoms with Crippen molar-refractivity contribution in [1.29, 1.82) is 0 Å². The van der Waals surface area contributed by atoms with Crippen LogP contribution in [0.3, 0.4) is 0 Å². The molecule has 5 heteroatoms. The first-order chi connectivity index (χ1) is 8.40. The van der Waals surface area contributed by atoms with Crippen molar-refractivity contribution in [3.8, 4) is 0 Å². The average molecular weight is 254 g/mol. The van der Waals surface area contributed by atoms with Gasteiger partial charge in [0.2, 0.25) is 6.29 Å². The van der Waals surface area contributed by atoms with E-state index in [0.29, 0.717) is 18.4 Å². The highest BCUT2D eigenvalue weighted by Gasteiger charge is 2.31. The summed E-state index contributed by atoms with van der Waals surface area (Å²) in [4.78, 5) is 22.0. The average Bonchev–Trinajstić information content (AvgIpc) is 2.55. The summed E-state index contributed by atoms with van der Waals surface area (Å²) >= 11 is 0. The zero-order chi connectivity index (χ0) is 13.7. The van der Waals surface area contributed by atoms with Crippen molar-refractivity contribution in [2.45, 2.75) is 46.0 Å². The summed E-state index contributed by atoms with van der Waals surface area (Å²) in [5.74, 6) is -1.07. The third-order valence-electron chi connectivity index (χ3n) is 2.46. The van der Waals surface area contributed by atoms with Crippen LogP contribution in [-0.2, 0) is 19.1 Å². The maximum absolute atomic E-state index is 11.0. The molecule has 0 aromatic rings. The van der Waals surface area contributed by atoms with Crippen molar-refractivity contribution in [3.05, 3.63) is 23.3 Å². The maximum Gasteiger partial charge on any atom is 0.333 e. The molecule has 0 saturated carbocycles. The van der Waals surface area contributed by atoms with E-state index in [-0.39, 0.29) is 0 Å². The third-order valence-corrected chi connectivity index (χ3v) is 2.46. The summed E-state index contributed by atoms with van der Waals surface area (Å²) < 4.78 is 9.69. The Balaban J connectivity index is 2.72. The quantitative estimate of drug-likeness (QED) is 0.594. The highest BCUT2D eigenvalue weighted by Crippen LogP contribution is 2.23. The van der Waals surface area contributed by atoms with E-state index in [2.05, 4.69) is 4.74 Å². The molecule has 0 fully saturated rings. The van der Waals surface area contributed by atoms with Gasteiger partial charge in [0.05, 0.1) is 0 Å². The van der Waals surface area contributed by atoms with Gasteiger partial charge in [0.25, 0.3) is 0 Å². The Kier molecular flexibility index (Phi) is 5.09. The highest BCUT2D eigenvalue weighted by molar-refractivity contribution is 5.86. The summed E-state index contributed by atoms with van der Waals surface area (Å²) in [5.41, 5.74) is 1.46. The zero-order valence-corrected chi connectivity index (χ0v) is 10.8. The fourth-order valence-corrected chi connectivity index (χ4v) is 1.69. The minimum atomic E-state index is -1.31. The van der Waals surface area contributed by atoms with Gasteiger partial charge in [-0.25, -0.2) is 4.79 Å². The van der Waals surface area contributed by atoms with Crippen LogP contribution in [0, 0.1) is 0 Å². The van der Waals surface area contributed by atoms with E-state index < -0.39 is 24.3 Å². The second-order valence-corrected chi connectivity index (χ2v) is 4.39. The van der Waals surface area contributed by atoms with Crippen molar-refractivity contribution >= 4 is 11.9 Å². The first kappa shape index (κ1) is 14.4. The van der Waals surface area contributed by atoms with Gasteiger partial charge in [0, 0.05) is 18.6 Å². The van der Waals surface area contributed by atoms with Crippen molar-refractivity contribution in [1.82, 2.24) is 0 Å². The van der Waals surface area contributed by atoms with Gasteiger partial charge >= 0.3 is 11.9 Å². The topological polar surface area (TPSA) is 72.8 Å². The lowest BCUT2D eigenvalue weighted by Gasteiger charge is -2.19. The van der Waals surface area contributed by atoms with Gasteiger partial charge in [-0.05, 0) is 26.7 Å². The summed E-state index contributed by atoms with van der Waals surface area (Å²) in [5, 5.41) is 9.53. The second-order valence-electron chi connectivity index (χ2n) is 4.39. The van der Waals surface area contributed by atoms with E-state index >= 15 is 0 Å². The molecule has 18 heavy (non-hydrogen) atoms. The lowest BCUT2D eigenvalue weighted by Crippen LogP contribution is -2.25. The number of aliphatic hydroxyl groups is 1. The van der Waals surface area contributed by atoms with Gasteiger partial charge in [0.15, 0.2) is 0 Å². The number of esters is 2. The number of hydrogen-bond donors (Lipinski definition) is 1. The number of hydrogen-bond acceptors (Lipinski definition) is 5. The molecule has 1 heterocycles. The van der Waals surface area contributed by atoms with Gasteiger partial charge in [-0.15, -0.1) is 0 Å². The van der Waals surface area contributed by atoms with E-state index in [1.165, 1.54) is 13.0 Å². The van der Waals surface area contributed by atoms with Gasteiger partial charge in [-0.1, -0.05) is 11.6 Å². The van der Waals surface area contributed by atoms with Gasteiger partial charge in [-0.2, -0.15) is 0 Å². The standard InChI is InChI=1S/C13H18O5/c1-8(2)5-4-6-11(17-9(3)14)10-7-12(15)18-13(10)16/h5,7,11,13,16H,4,6H2,1-3H3. The number of cyclic esters (lactones) is 1. The lowest BCUT2D eigenvalue weighted by molar-refractivity contribution is -0.153. The first-order valence-electron chi connectivity index (χ1n) is 5.81. The molecule has 2 unspecified atom stereocenters. The Morgan fingerprint density at radius 2 is 2.22 bits per heavy atom. The largest absolute Gasteiger partial charge is 0.458 e. The number of aliphatic hydroxyl groups excluding tert-OH is 1. The van der Waals surface area contributed by atoms with Crippen molar-refractivity contribution in [2.75, 3.05) is 0 Å². The lowest BCUT2D eigenvalue weighted by atomic mass is 10.0. The molecule has 100 valence electrons. The molecule has 1 aliphatic heterocycles. The Morgan fingerprint density at radius 3 is 2.67 bits per heavy atom. The summed E-state index contributed by atoms with van der Waals surface area (Å²) in [7, 11) is 0. The summed E-state index contributed by atoms with van der Waals surface area (Å²) in [6.07, 6.45) is 2.44. The molecule has 0 saturated heterocycles. The monoisotopic (exact) mass is 254 g/mol. The summed E-state index contributed by atoms with van der Waals surface area (Å²) in [6, 6.07) is 0. The van der Waals surface area contributed by atoms with Crippen molar-refractivity contribution < 1.29 is 24.2 Å². The third kappa shape index (κ3) is 4.33. The highest BCUT2D eigenvalue weighted by atomic mass is 16.6. The first-order valence-corrected chi connectivity index (χ1v) is 5.81. The van der Waals surface area contributed by atoms with Gasteiger partial charge in [-0.3, -0.25) is 4.79 Å². The molecule has 0 bridgehead atoms. The molecule has 2 atom stereocenters. The number of carbonyl (C=O) groups excluding carboxylic acids is 2. The number of allylic oxidation sites excluding steroid dienone is 2. The molecule has 0 aliphatic carbocycles. The van der Waals surface area contributed by atoms with E-state index in [1.807, 2.05) is 19.9 Å². The minimum Gasteiger partial charge on any atom is -0.458 e. The van der Waals surface area contributed by atoms with Crippen LogP contribution in [0.25, 0.3) is 0 Å². The Hall–Kier alpha value is -1.62. The Morgan fingerprint density at radius 1 is 1.56 bits per heavy atom. The van der Waals surface area contributed by atoms with Crippen LogP contribution >= 0.6 is 0 Å². The second kappa shape index (κ2) is 6.35. The molecule has 0 spiro atoms. The molecule has 0 aromatic carbocycles. The molecule has 5 nitrogen and oxygen atoms in total. The minimum absolute atomic E-state index is 0.303. The number of ether oxygens (including phenoxy) is 2. The van der Waals surface area contributed by atoms with E-state index in [9.17, 15) is 14.7 Å². The van der Waals surface area contributed by atoms with Crippen LogP contribution in [0.2, 0.25) is 0 Å². The normalized spacial score (nSPS) is 19.9. The predicted molar refractivity (Wildman–Crippen MR) is 64.4 cm³/mol. The maximum atomic E-state index is 11.0. The predicted octanol–water partition coefficient (Wildman–Crippen LogP) is 1.47. The molecule has 1 N–H and O–H groups in total. The van der Waals surface area contributed by atoms with E-state index in [0.717, 1.165) is 5.57 Å². The number of carbonyl (C=O) groups is 2. The van der Waals surface area contributed by atoms with Gasteiger partial charge < -0.3 is 14.6 Å². The smallest absolute Gasteiger partial charge is 0.333 e. The van der Waals surface area contributed by atoms with Crippen LogP contribution in [0.5, 0.6) is 0 Å². The molecule has 0 radical (unpaired) electrons.